The maximum absolute atomic E-state index is 12.8. The average molecular weight is 626 g/mol. The first kappa shape index (κ1) is 34.9. The van der Waals surface area contributed by atoms with E-state index in [9.17, 15) is 39.9 Å². The molecule has 1 aliphatic carbocycles. The van der Waals surface area contributed by atoms with E-state index in [1.165, 1.54) is 13.8 Å². The van der Waals surface area contributed by atoms with Crippen molar-refractivity contribution in [3.05, 3.63) is 33.4 Å². The maximum Gasteiger partial charge on any atom is 0.217 e. The molecule has 43 heavy (non-hydrogen) atoms. The molecule has 0 bridgehead atoms. The third-order valence-corrected chi connectivity index (χ3v) is 10.1. The summed E-state index contributed by atoms with van der Waals surface area (Å²) in [4.78, 5) is 36.4. The Hall–Kier alpha value is -2.54. The molecule has 1 aliphatic heterocycles. The van der Waals surface area contributed by atoms with Crippen LogP contribution in [-0.4, -0.2) is 86.9 Å². The highest BCUT2D eigenvalue weighted by Crippen LogP contribution is 2.48. The Labute approximate surface area is 256 Å². The number of aromatic hydroxyl groups is 2. The predicted molar refractivity (Wildman–Crippen MR) is 158 cm³/mol. The molecule has 0 aromatic heterocycles. The van der Waals surface area contributed by atoms with Crippen molar-refractivity contribution in [2.24, 2.45) is 17.3 Å². The number of hydrogen-bond acceptors (Lipinski definition) is 10. The molecule has 240 valence electrons. The number of aldehydes is 1. The number of carbonyl (C=O) groups excluding carboxylic acids is 3. The van der Waals surface area contributed by atoms with Crippen molar-refractivity contribution in [3.63, 3.8) is 0 Å². The Morgan fingerprint density at radius 2 is 1.86 bits per heavy atom. The molecule has 12 heteroatoms. The number of allylic oxidation sites excluding steroid dienone is 1. The summed E-state index contributed by atoms with van der Waals surface area (Å²) in [6, 6.07) is -1.18. The molecule has 1 aromatic carbocycles. The summed E-state index contributed by atoms with van der Waals surface area (Å²) in [6.07, 6.45) is -2.66. The summed E-state index contributed by atoms with van der Waals surface area (Å²) in [5, 5.41) is 55.0. The van der Waals surface area contributed by atoms with E-state index in [-0.39, 0.29) is 51.5 Å². The summed E-state index contributed by atoms with van der Waals surface area (Å²) in [7, 11) is 0. The molecule has 6 N–H and O–H groups in total. The van der Waals surface area contributed by atoms with Gasteiger partial charge in [-0.3, -0.25) is 14.4 Å². The van der Waals surface area contributed by atoms with Gasteiger partial charge in [0.15, 0.2) is 12.6 Å². The second-order valence-electron chi connectivity index (χ2n) is 12.2. The van der Waals surface area contributed by atoms with Crippen LogP contribution < -0.4 is 5.32 Å². The van der Waals surface area contributed by atoms with Crippen molar-refractivity contribution in [2.75, 3.05) is 6.61 Å². The highest BCUT2D eigenvalue weighted by Gasteiger charge is 2.49. The van der Waals surface area contributed by atoms with Gasteiger partial charge in [0.05, 0.1) is 23.3 Å². The second kappa shape index (κ2) is 14.0. The molecule has 0 radical (unpaired) electrons. The van der Waals surface area contributed by atoms with E-state index in [4.69, 9.17) is 21.1 Å². The number of halogens is 1. The smallest absolute Gasteiger partial charge is 0.217 e. The molecule has 1 amide bonds. The molecule has 1 saturated carbocycles. The summed E-state index contributed by atoms with van der Waals surface area (Å²) in [5.41, 5.74) is 0.328. The average Bonchev–Trinajstić information content (AvgIpc) is 2.96. The number of amides is 1. The van der Waals surface area contributed by atoms with Crippen LogP contribution in [0.3, 0.4) is 0 Å². The first-order chi connectivity index (χ1) is 20.1. The quantitative estimate of drug-likeness (QED) is 0.167. The standard InChI is InChI=1S/C31H44ClNO10/c1-14(7-9-19-26(38)20(12-34)16(3)24(32)27(19)39)22(11-31(6)15(2)8-10-21(37)17(31)4)42-30-25(33-18(5)36)29(41)28(40)23(13-35)43-30/h7,12,15,17,22-23,25,28-30,35,38-41H,8-11,13H2,1-6H3,(H,33,36)/b14-7-/t15-,17+,22-,23-,25+,28+,29+,30-,31+/m1/s1. The van der Waals surface area contributed by atoms with Crippen LogP contribution in [0.5, 0.6) is 11.5 Å². The number of aliphatic hydroxyl groups is 3. The number of nitrogens with one attached hydrogen (secondary N) is 1. The number of Topliss-reactive ketones (excluding diaryl/α,β-unsaturated/α-hetero) is 1. The number of rotatable bonds is 10. The van der Waals surface area contributed by atoms with Crippen LogP contribution >= 0.6 is 11.6 Å². The third kappa shape index (κ3) is 7.08. The summed E-state index contributed by atoms with van der Waals surface area (Å²) >= 11 is 6.24. The zero-order valence-corrected chi connectivity index (χ0v) is 26.2. The molecule has 2 fully saturated rings. The lowest BCUT2D eigenvalue weighted by Crippen LogP contribution is -2.65. The van der Waals surface area contributed by atoms with E-state index in [1.54, 1.807) is 13.0 Å². The highest BCUT2D eigenvalue weighted by molar-refractivity contribution is 6.33. The minimum atomic E-state index is -1.51. The number of ketones is 1. The van der Waals surface area contributed by atoms with Gasteiger partial charge in [-0.1, -0.05) is 38.4 Å². The molecule has 0 spiro atoms. The minimum Gasteiger partial charge on any atom is -0.507 e. The van der Waals surface area contributed by atoms with Crippen molar-refractivity contribution in [2.45, 2.75) is 104 Å². The molecule has 2 aliphatic rings. The number of phenols is 2. The van der Waals surface area contributed by atoms with Gasteiger partial charge in [0.2, 0.25) is 5.91 Å². The fourth-order valence-corrected chi connectivity index (χ4v) is 6.37. The van der Waals surface area contributed by atoms with Crippen molar-refractivity contribution < 1.29 is 49.4 Å². The number of carbonyl (C=O) groups is 3. The monoisotopic (exact) mass is 625 g/mol. The first-order valence-electron chi connectivity index (χ1n) is 14.5. The van der Waals surface area contributed by atoms with E-state index in [2.05, 4.69) is 12.2 Å². The Kier molecular flexibility index (Phi) is 11.4. The topological polar surface area (TPSA) is 183 Å². The first-order valence-corrected chi connectivity index (χ1v) is 14.9. The van der Waals surface area contributed by atoms with E-state index in [1.807, 2.05) is 13.8 Å². The molecule has 11 nitrogen and oxygen atoms in total. The van der Waals surface area contributed by atoms with Crippen LogP contribution in [0.1, 0.15) is 75.4 Å². The van der Waals surface area contributed by atoms with Crippen molar-refractivity contribution in [1.82, 2.24) is 5.32 Å². The van der Waals surface area contributed by atoms with Gasteiger partial charge >= 0.3 is 0 Å². The molecule has 3 rings (SSSR count). The van der Waals surface area contributed by atoms with Gasteiger partial charge in [-0.05, 0) is 55.6 Å². The highest BCUT2D eigenvalue weighted by atomic mass is 35.5. The van der Waals surface area contributed by atoms with Crippen LogP contribution in [-0.2, 0) is 25.5 Å². The Morgan fingerprint density at radius 3 is 2.44 bits per heavy atom. The van der Waals surface area contributed by atoms with Crippen molar-refractivity contribution >= 4 is 29.6 Å². The van der Waals surface area contributed by atoms with Crippen LogP contribution in [0.15, 0.2) is 11.6 Å². The van der Waals surface area contributed by atoms with Gasteiger partial charge in [-0.2, -0.15) is 0 Å². The van der Waals surface area contributed by atoms with E-state index in [0.717, 1.165) is 0 Å². The third-order valence-electron chi connectivity index (χ3n) is 9.62. The lowest BCUT2D eigenvalue weighted by atomic mass is 9.59. The Balaban J connectivity index is 2.06. The van der Waals surface area contributed by atoms with Crippen LogP contribution in [0.2, 0.25) is 5.02 Å². The SMILES string of the molecule is CC(=O)N[C@@H]1[C@H](O[C@H](C[C@@]2(C)[C@H](C)CCC(=O)[C@@H]2C)/C(C)=C\Cc2c(O)c(Cl)c(C)c(C=O)c2O)O[C@H](CO)[C@H](O)[C@H]1O. The number of hydrogen-bond donors (Lipinski definition) is 6. The summed E-state index contributed by atoms with van der Waals surface area (Å²) in [5.74, 6) is -1.29. The van der Waals surface area contributed by atoms with Gasteiger partial charge in [0.25, 0.3) is 0 Å². The fraction of sp³-hybridized carbons (Fsp3) is 0.645. The van der Waals surface area contributed by atoms with Crippen LogP contribution in [0, 0.1) is 24.2 Å². The molecule has 9 atom stereocenters. The number of aliphatic hydroxyl groups excluding tert-OH is 3. The normalized spacial score (nSPS) is 32.4. The predicted octanol–water partition coefficient (Wildman–Crippen LogP) is 2.72. The van der Waals surface area contributed by atoms with Gasteiger partial charge < -0.3 is 40.3 Å². The molecule has 0 unspecified atom stereocenters. The van der Waals surface area contributed by atoms with Crippen LogP contribution in [0.4, 0.5) is 0 Å². The van der Waals surface area contributed by atoms with Gasteiger partial charge in [0, 0.05) is 24.8 Å². The van der Waals surface area contributed by atoms with E-state index in [0.29, 0.717) is 31.1 Å². The molecule has 1 aromatic rings. The lowest BCUT2D eigenvalue weighted by Gasteiger charge is -2.48. The fourth-order valence-electron chi connectivity index (χ4n) is 6.15. The van der Waals surface area contributed by atoms with E-state index >= 15 is 0 Å². The lowest BCUT2D eigenvalue weighted by molar-refractivity contribution is -0.281. The number of ether oxygens (including phenoxy) is 2. The second-order valence-corrected chi connectivity index (χ2v) is 12.6. The van der Waals surface area contributed by atoms with E-state index < -0.39 is 60.4 Å². The molecule has 1 saturated heterocycles. The van der Waals surface area contributed by atoms with Crippen molar-refractivity contribution in [1.29, 1.82) is 0 Å². The number of benzene rings is 1. The molecule has 1 heterocycles. The van der Waals surface area contributed by atoms with Gasteiger partial charge in [-0.15, -0.1) is 0 Å². The Bertz CT molecular complexity index is 1250. The van der Waals surface area contributed by atoms with Crippen LogP contribution in [0.25, 0.3) is 0 Å². The zero-order chi connectivity index (χ0) is 32.4. The summed E-state index contributed by atoms with van der Waals surface area (Å²) < 4.78 is 12.3. The van der Waals surface area contributed by atoms with Crippen molar-refractivity contribution in [3.8, 4) is 11.5 Å². The maximum atomic E-state index is 12.8. The summed E-state index contributed by atoms with van der Waals surface area (Å²) in [6.45, 7) is 9.87. The largest absolute Gasteiger partial charge is 0.507 e. The van der Waals surface area contributed by atoms with Gasteiger partial charge in [-0.25, -0.2) is 0 Å². The number of phenolic OH excluding ortho intramolecular Hbond substituents is 2. The van der Waals surface area contributed by atoms with Gasteiger partial charge in [0.1, 0.15) is 41.6 Å². The molecular formula is C31H44ClNO10. The minimum absolute atomic E-state index is 0.0355. The Morgan fingerprint density at radius 1 is 1.21 bits per heavy atom. The zero-order valence-electron chi connectivity index (χ0n) is 25.5. The molecular weight excluding hydrogens is 582 g/mol.